The van der Waals surface area contributed by atoms with E-state index in [1.165, 1.54) is 11.3 Å². The maximum absolute atomic E-state index is 11.7. The molecule has 2 heterocycles. The zero-order valence-electron chi connectivity index (χ0n) is 12.3. The molecule has 0 aliphatic heterocycles. The normalized spacial score (nSPS) is 10.6. The molecule has 0 aliphatic rings. The van der Waals surface area contributed by atoms with E-state index < -0.39 is 0 Å². The molecule has 0 spiro atoms. The van der Waals surface area contributed by atoms with Gasteiger partial charge in [0.05, 0.1) is 11.5 Å². The Balaban J connectivity index is 1.41. The van der Waals surface area contributed by atoms with E-state index in [1.807, 2.05) is 47.8 Å². The van der Waals surface area contributed by atoms with E-state index in [1.54, 1.807) is 0 Å². The van der Waals surface area contributed by atoms with E-state index in [0.29, 0.717) is 24.7 Å². The summed E-state index contributed by atoms with van der Waals surface area (Å²) >= 11 is 1.54. The number of benzene rings is 1. The highest BCUT2D eigenvalue weighted by Gasteiger charge is 2.11. The fourth-order valence-electron chi connectivity index (χ4n) is 1.91. The van der Waals surface area contributed by atoms with Crippen molar-refractivity contribution in [3.63, 3.8) is 0 Å². The molecule has 0 radical (unpaired) electrons. The minimum absolute atomic E-state index is 0.223. The lowest BCUT2D eigenvalue weighted by Gasteiger charge is -2.04. The molecule has 0 saturated heterocycles. The van der Waals surface area contributed by atoms with Gasteiger partial charge in [-0.15, -0.1) is 11.3 Å². The van der Waals surface area contributed by atoms with Crippen LogP contribution in [0.3, 0.4) is 0 Å². The van der Waals surface area contributed by atoms with Gasteiger partial charge < -0.3 is 4.52 Å². The number of carbonyl (C=O) groups is 1. The van der Waals surface area contributed by atoms with Gasteiger partial charge in [0.2, 0.25) is 17.6 Å². The molecule has 7 heteroatoms. The molecule has 6 nitrogen and oxygen atoms in total. The van der Waals surface area contributed by atoms with Crippen LogP contribution in [0.1, 0.15) is 17.9 Å². The molecule has 0 aliphatic carbocycles. The number of hydrogen-bond donors (Lipinski definition) is 1. The zero-order chi connectivity index (χ0) is 15.9. The number of hydrogen-bond acceptors (Lipinski definition) is 6. The molecule has 118 valence electrons. The lowest BCUT2D eigenvalue weighted by atomic mass is 10.2. The number of aromatic nitrogens is 2. The number of amides is 1. The Morgan fingerprint density at radius 1 is 1.22 bits per heavy atom. The van der Waals surface area contributed by atoms with Crippen LogP contribution in [0.15, 0.2) is 52.4 Å². The summed E-state index contributed by atoms with van der Waals surface area (Å²) in [5.74, 6) is 0.763. The van der Waals surface area contributed by atoms with Gasteiger partial charge in [-0.3, -0.25) is 9.63 Å². The van der Waals surface area contributed by atoms with E-state index in [2.05, 4.69) is 15.6 Å². The Labute approximate surface area is 137 Å². The van der Waals surface area contributed by atoms with Gasteiger partial charge in [0.1, 0.15) is 0 Å². The van der Waals surface area contributed by atoms with E-state index in [9.17, 15) is 4.79 Å². The molecular weight excluding hydrogens is 314 g/mol. The summed E-state index contributed by atoms with van der Waals surface area (Å²) in [5, 5.41) is 5.85. The van der Waals surface area contributed by atoms with Gasteiger partial charge in [0.25, 0.3) is 0 Å². The monoisotopic (exact) mass is 329 g/mol. The largest absolute Gasteiger partial charge is 0.339 e. The van der Waals surface area contributed by atoms with Crippen LogP contribution in [0.4, 0.5) is 0 Å². The van der Waals surface area contributed by atoms with E-state index in [4.69, 9.17) is 9.36 Å². The third-order valence-corrected chi connectivity index (χ3v) is 3.91. The van der Waals surface area contributed by atoms with Crippen molar-refractivity contribution in [2.75, 3.05) is 0 Å². The molecular formula is C16H15N3O3S. The number of thiophene rings is 1. The van der Waals surface area contributed by atoms with E-state index >= 15 is 0 Å². The Bertz CT molecular complexity index is 741. The summed E-state index contributed by atoms with van der Waals surface area (Å²) in [4.78, 5) is 22.1. The number of rotatable bonds is 7. The van der Waals surface area contributed by atoms with Crippen LogP contribution in [0, 0.1) is 0 Å². The first-order chi connectivity index (χ1) is 11.3. The second-order valence-corrected chi connectivity index (χ2v) is 5.74. The predicted molar refractivity (Wildman–Crippen MR) is 85.3 cm³/mol. The number of nitrogens with zero attached hydrogens (tertiary/aromatic N) is 2. The minimum atomic E-state index is -0.225. The third kappa shape index (κ3) is 4.48. The van der Waals surface area contributed by atoms with Crippen molar-refractivity contribution in [3.05, 3.63) is 59.3 Å². The first kappa shape index (κ1) is 15.4. The molecule has 1 N–H and O–H groups in total. The van der Waals surface area contributed by atoms with Gasteiger partial charge >= 0.3 is 0 Å². The van der Waals surface area contributed by atoms with Crippen molar-refractivity contribution >= 4 is 17.2 Å². The molecule has 0 atom stereocenters. The molecule has 0 bridgehead atoms. The Morgan fingerprint density at radius 3 is 2.87 bits per heavy atom. The van der Waals surface area contributed by atoms with Crippen molar-refractivity contribution < 1.29 is 14.2 Å². The van der Waals surface area contributed by atoms with Crippen LogP contribution in [0.25, 0.3) is 10.7 Å². The zero-order valence-corrected chi connectivity index (χ0v) is 13.1. The number of nitrogens with one attached hydrogen (secondary N) is 1. The molecule has 0 fully saturated rings. The fraction of sp³-hybridized carbons (Fsp3) is 0.188. The molecule has 2 aromatic heterocycles. The Morgan fingerprint density at radius 2 is 2.09 bits per heavy atom. The van der Waals surface area contributed by atoms with Crippen molar-refractivity contribution in [2.24, 2.45) is 0 Å². The van der Waals surface area contributed by atoms with Crippen LogP contribution in [0.5, 0.6) is 0 Å². The molecule has 1 aromatic carbocycles. The lowest BCUT2D eigenvalue weighted by Crippen LogP contribution is -2.23. The Hall–Kier alpha value is -2.51. The van der Waals surface area contributed by atoms with Crippen LogP contribution in [0.2, 0.25) is 0 Å². The van der Waals surface area contributed by atoms with Gasteiger partial charge in [-0.25, -0.2) is 5.48 Å². The summed E-state index contributed by atoms with van der Waals surface area (Å²) in [6.07, 6.45) is 0.597. The van der Waals surface area contributed by atoms with Gasteiger partial charge in [-0.2, -0.15) is 4.98 Å². The van der Waals surface area contributed by atoms with Gasteiger partial charge in [-0.05, 0) is 17.0 Å². The number of carbonyl (C=O) groups excluding carboxylic acids is 1. The number of hydroxylamine groups is 1. The average Bonchev–Trinajstić information content (AvgIpc) is 3.25. The summed E-state index contributed by atoms with van der Waals surface area (Å²) < 4.78 is 5.14. The standard InChI is InChI=1S/C16H15N3O3S/c20-14(18-21-11-12-5-2-1-3-6-12)8-9-15-17-16(19-22-15)13-7-4-10-23-13/h1-7,10H,8-9,11H2,(H,18,20). The summed E-state index contributed by atoms with van der Waals surface area (Å²) in [6, 6.07) is 13.5. The smallest absolute Gasteiger partial charge is 0.244 e. The summed E-state index contributed by atoms with van der Waals surface area (Å²) in [7, 11) is 0. The van der Waals surface area contributed by atoms with Crippen molar-refractivity contribution in [2.45, 2.75) is 19.4 Å². The summed E-state index contributed by atoms with van der Waals surface area (Å²) in [6.45, 7) is 0.329. The van der Waals surface area contributed by atoms with Gasteiger partial charge in [-0.1, -0.05) is 41.6 Å². The van der Waals surface area contributed by atoms with Crippen molar-refractivity contribution in [1.82, 2.24) is 15.6 Å². The maximum atomic E-state index is 11.7. The van der Waals surface area contributed by atoms with Crippen LogP contribution in [-0.2, 0) is 22.7 Å². The van der Waals surface area contributed by atoms with Crippen LogP contribution < -0.4 is 5.48 Å². The third-order valence-electron chi connectivity index (χ3n) is 3.04. The molecule has 0 unspecified atom stereocenters. The van der Waals surface area contributed by atoms with Crippen molar-refractivity contribution in [1.29, 1.82) is 0 Å². The van der Waals surface area contributed by atoms with Crippen LogP contribution >= 0.6 is 11.3 Å². The second-order valence-electron chi connectivity index (χ2n) is 4.79. The van der Waals surface area contributed by atoms with E-state index in [0.717, 1.165) is 10.4 Å². The van der Waals surface area contributed by atoms with Crippen molar-refractivity contribution in [3.8, 4) is 10.7 Å². The highest BCUT2D eigenvalue weighted by atomic mass is 32.1. The topological polar surface area (TPSA) is 77.2 Å². The molecule has 3 aromatic rings. The number of aryl methyl sites for hydroxylation is 1. The SMILES string of the molecule is O=C(CCc1nc(-c2cccs2)no1)NOCc1ccccc1. The fourth-order valence-corrected chi connectivity index (χ4v) is 2.56. The van der Waals surface area contributed by atoms with Gasteiger partial charge in [0, 0.05) is 12.8 Å². The Kier molecular flexibility index (Phi) is 5.13. The van der Waals surface area contributed by atoms with Gasteiger partial charge in [0.15, 0.2) is 0 Å². The average molecular weight is 329 g/mol. The predicted octanol–water partition coefficient (Wildman–Crippen LogP) is 2.98. The quantitative estimate of drug-likeness (QED) is 0.674. The molecule has 1 amide bonds. The highest BCUT2D eigenvalue weighted by molar-refractivity contribution is 7.13. The molecule has 3 rings (SSSR count). The first-order valence-corrected chi connectivity index (χ1v) is 8.00. The molecule has 23 heavy (non-hydrogen) atoms. The minimum Gasteiger partial charge on any atom is -0.339 e. The first-order valence-electron chi connectivity index (χ1n) is 7.12. The highest BCUT2D eigenvalue weighted by Crippen LogP contribution is 2.21. The molecule has 0 saturated carbocycles. The van der Waals surface area contributed by atoms with Crippen LogP contribution in [-0.4, -0.2) is 16.0 Å². The van der Waals surface area contributed by atoms with E-state index in [-0.39, 0.29) is 12.3 Å². The maximum Gasteiger partial charge on any atom is 0.244 e. The summed E-state index contributed by atoms with van der Waals surface area (Å²) in [5.41, 5.74) is 3.40. The second kappa shape index (κ2) is 7.66. The lowest BCUT2D eigenvalue weighted by molar-refractivity contribution is -0.134.